The zero-order valence-electron chi connectivity index (χ0n) is 15.7. The fraction of sp³-hybridized carbons (Fsp3) is 0.474. The molecule has 2 aromatic rings. The first kappa shape index (κ1) is 23.9. The first-order chi connectivity index (χ1) is 12.0. The number of nitrogens with two attached hydrogens (primary N) is 1. The van der Waals surface area contributed by atoms with Crippen molar-refractivity contribution >= 4 is 47.7 Å². The predicted molar refractivity (Wildman–Crippen MR) is 117 cm³/mol. The van der Waals surface area contributed by atoms with E-state index in [1.54, 1.807) is 11.3 Å². The summed E-state index contributed by atoms with van der Waals surface area (Å²) in [4.78, 5) is 19.3. The Morgan fingerprint density at radius 1 is 1.37 bits per heavy atom. The summed E-state index contributed by atoms with van der Waals surface area (Å²) in [5, 5.41) is 5.89. The normalized spacial score (nSPS) is 19.2. The highest BCUT2D eigenvalue weighted by Gasteiger charge is 2.32. The highest BCUT2D eigenvalue weighted by atomic mass is 35.5. The van der Waals surface area contributed by atoms with Gasteiger partial charge in [-0.2, -0.15) is 0 Å². The zero-order valence-corrected chi connectivity index (χ0v) is 18.2. The van der Waals surface area contributed by atoms with Crippen LogP contribution in [-0.4, -0.2) is 35.4 Å². The Hall–Kier alpha value is -1.18. The molecule has 1 saturated heterocycles. The van der Waals surface area contributed by atoms with E-state index in [9.17, 15) is 4.79 Å². The van der Waals surface area contributed by atoms with Crippen molar-refractivity contribution in [1.82, 2.24) is 9.88 Å². The number of benzene rings is 1. The smallest absolute Gasteiger partial charge is 0.231 e. The molecule has 0 radical (unpaired) electrons. The Balaban J connectivity index is 0.00000182. The fourth-order valence-electron chi connectivity index (χ4n) is 3.20. The van der Waals surface area contributed by atoms with Crippen molar-refractivity contribution in [1.29, 1.82) is 0 Å². The fourth-order valence-corrected chi connectivity index (χ4v) is 3.99. The van der Waals surface area contributed by atoms with E-state index in [-0.39, 0.29) is 36.1 Å². The van der Waals surface area contributed by atoms with Gasteiger partial charge in [-0.3, -0.25) is 9.69 Å². The maximum atomic E-state index is 12.2. The van der Waals surface area contributed by atoms with E-state index in [2.05, 4.69) is 27.5 Å². The molecular formula is C19H28Cl2N4OS. The van der Waals surface area contributed by atoms with Crippen molar-refractivity contribution in [3.8, 4) is 0 Å². The number of hydrogen-bond donors (Lipinski definition) is 2. The van der Waals surface area contributed by atoms with Crippen LogP contribution in [0.2, 0.25) is 0 Å². The van der Waals surface area contributed by atoms with Gasteiger partial charge in [0.2, 0.25) is 5.91 Å². The summed E-state index contributed by atoms with van der Waals surface area (Å²) in [6.45, 7) is 7.88. The lowest BCUT2D eigenvalue weighted by atomic mass is 9.90. The van der Waals surface area contributed by atoms with E-state index >= 15 is 0 Å². The van der Waals surface area contributed by atoms with Crippen LogP contribution < -0.4 is 11.1 Å². The van der Waals surface area contributed by atoms with Gasteiger partial charge in [0.15, 0.2) is 0 Å². The summed E-state index contributed by atoms with van der Waals surface area (Å²) >= 11 is 1.56. The van der Waals surface area contributed by atoms with Crippen LogP contribution in [0.5, 0.6) is 0 Å². The summed E-state index contributed by atoms with van der Waals surface area (Å²) in [6, 6.07) is 7.80. The van der Waals surface area contributed by atoms with Gasteiger partial charge in [0.05, 0.1) is 12.1 Å². The van der Waals surface area contributed by atoms with Crippen LogP contribution >= 0.6 is 36.2 Å². The SMILES string of the molecule is Cc1ccccc1NC(=O)Cc1nc(CN2CCC(C)(CN)C2)cs1.Cl.Cl. The van der Waals surface area contributed by atoms with Gasteiger partial charge in [0.1, 0.15) is 5.01 Å². The van der Waals surface area contributed by atoms with Crippen molar-refractivity contribution in [3.63, 3.8) is 0 Å². The number of aromatic nitrogens is 1. The van der Waals surface area contributed by atoms with Crippen molar-refractivity contribution in [2.24, 2.45) is 11.1 Å². The van der Waals surface area contributed by atoms with Gasteiger partial charge in [-0.05, 0) is 43.5 Å². The molecule has 1 unspecified atom stereocenters. The van der Waals surface area contributed by atoms with Gasteiger partial charge < -0.3 is 11.1 Å². The van der Waals surface area contributed by atoms with Crippen LogP contribution in [0.25, 0.3) is 0 Å². The second-order valence-electron chi connectivity index (χ2n) is 7.25. The number of para-hydroxylation sites is 1. The topological polar surface area (TPSA) is 71.2 Å². The molecule has 3 N–H and O–H groups in total. The Kier molecular flexibility index (Phi) is 9.18. The summed E-state index contributed by atoms with van der Waals surface area (Å²) in [7, 11) is 0. The number of halogens is 2. The van der Waals surface area contributed by atoms with E-state index in [0.29, 0.717) is 6.42 Å². The van der Waals surface area contributed by atoms with Crippen LogP contribution in [0.3, 0.4) is 0 Å². The predicted octanol–water partition coefficient (Wildman–Crippen LogP) is 3.65. The van der Waals surface area contributed by atoms with Crippen molar-refractivity contribution in [3.05, 3.63) is 45.9 Å². The van der Waals surface area contributed by atoms with Crippen molar-refractivity contribution < 1.29 is 4.79 Å². The molecule has 1 atom stereocenters. The third-order valence-corrected chi connectivity index (χ3v) is 5.74. The standard InChI is InChI=1S/C19H26N4OS.2ClH/c1-14-5-3-4-6-16(14)22-17(24)9-18-21-15(11-25-18)10-23-8-7-19(2,12-20)13-23;;/h3-6,11H,7-10,12-13,20H2,1-2H3,(H,22,24);2*1H. The zero-order chi connectivity index (χ0) is 17.9. The summed E-state index contributed by atoms with van der Waals surface area (Å²) in [5.41, 5.74) is 9.07. The lowest BCUT2D eigenvalue weighted by Crippen LogP contribution is -2.31. The van der Waals surface area contributed by atoms with Crippen molar-refractivity contribution in [2.75, 3.05) is 25.0 Å². The number of likely N-dealkylation sites (tertiary alicyclic amines) is 1. The van der Waals surface area contributed by atoms with Gasteiger partial charge in [-0.25, -0.2) is 4.98 Å². The second kappa shape index (κ2) is 10.4. The van der Waals surface area contributed by atoms with Gasteiger partial charge in [0, 0.05) is 24.2 Å². The minimum atomic E-state index is -0.0212. The number of aryl methyl sites for hydroxylation is 1. The molecule has 1 fully saturated rings. The number of nitrogens with zero attached hydrogens (tertiary/aromatic N) is 2. The van der Waals surface area contributed by atoms with Crippen molar-refractivity contribution in [2.45, 2.75) is 33.2 Å². The number of amides is 1. The van der Waals surface area contributed by atoms with E-state index in [1.165, 1.54) is 0 Å². The molecule has 1 aliphatic heterocycles. The molecule has 0 saturated carbocycles. The largest absolute Gasteiger partial charge is 0.330 e. The molecule has 27 heavy (non-hydrogen) atoms. The van der Waals surface area contributed by atoms with Crippen LogP contribution in [0.15, 0.2) is 29.6 Å². The molecule has 0 spiro atoms. The van der Waals surface area contributed by atoms with Crippen LogP contribution in [0.1, 0.15) is 29.6 Å². The van der Waals surface area contributed by atoms with E-state index < -0.39 is 0 Å². The quantitative estimate of drug-likeness (QED) is 0.733. The summed E-state index contributed by atoms with van der Waals surface area (Å²) < 4.78 is 0. The Morgan fingerprint density at radius 3 is 2.78 bits per heavy atom. The third kappa shape index (κ3) is 6.43. The van der Waals surface area contributed by atoms with Gasteiger partial charge >= 0.3 is 0 Å². The van der Waals surface area contributed by atoms with Gasteiger partial charge in [-0.1, -0.05) is 25.1 Å². The molecule has 5 nitrogen and oxygen atoms in total. The summed E-state index contributed by atoms with van der Waals surface area (Å²) in [6.07, 6.45) is 1.46. The molecule has 150 valence electrons. The number of hydrogen-bond acceptors (Lipinski definition) is 5. The lowest BCUT2D eigenvalue weighted by molar-refractivity contribution is -0.115. The maximum Gasteiger partial charge on any atom is 0.231 e. The van der Waals surface area contributed by atoms with Gasteiger partial charge in [0.25, 0.3) is 0 Å². The third-order valence-electron chi connectivity index (χ3n) is 4.85. The second-order valence-corrected chi connectivity index (χ2v) is 8.19. The molecule has 3 rings (SSSR count). The molecule has 0 aliphatic carbocycles. The average Bonchev–Trinajstić information content (AvgIpc) is 3.17. The van der Waals surface area contributed by atoms with Gasteiger partial charge in [-0.15, -0.1) is 36.2 Å². The molecular weight excluding hydrogens is 403 g/mol. The number of anilines is 1. The lowest BCUT2D eigenvalue weighted by Gasteiger charge is -2.22. The molecule has 1 amide bonds. The molecule has 2 heterocycles. The van der Waals surface area contributed by atoms with Crippen LogP contribution in [0.4, 0.5) is 5.69 Å². The van der Waals surface area contributed by atoms with E-state index in [1.807, 2.05) is 31.2 Å². The molecule has 0 bridgehead atoms. The monoisotopic (exact) mass is 430 g/mol. The Labute approximate surface area is 177 Å². The molecule has 8 heteroatoms. The minimum Gasteiger partial charge on any atom is -0.330 e. The highest BCUT2D eigenvalue weighted by Crippen LogP contribution is 2.29. The highest BCUT2D eigenvalue weighted by molar-refractivity contribution is 7.09. The molecule has 1 aromatic carbocycles. The van der Waals surface area contributed by atoms with Crippen LogP contribution in [0, 0.1) is 12.3 Å². The average molecular weight is 431 g/mol. The first-order valence-electron chi connectivity index (χ1n) is 8.69. The number of thiazole rings is 1. The first-order valence-corrected chi connectivity index (χ1v) is 9.57. The summed E-state index contributed by atoms with van der Waals surface area (Å²) in [5.74, 6) is -0.0212. The maximum absolute atomic E-state index is 12.2. The van der Waals surface area contributed by atoms with E-state index in [4.69, 9.17) is 5.73 Å². The molecule has 1 aromatic heterocycles. The molecule has 1 aliphatic rings. The Bertz CT molecular complexity index is 755. The number of rotatable bonds is 6. The Morgan fingerprint density at radius 2 is 2.11 bits per heavy atom. The number of carbonyl (C=O) groups is 1. The van der Waals surface area contributed by atoms with E-state index in [0.717, 1.165) is 54.6 Å². The minimum absolute atomic E-state index is 0. The van der Waals surface area contributed by atoms with Crippen LogP contribution in [-0.2, 0) is 17.8 Å². The number of carbonyl (C=O) groups excluding carboxylic acids is 1. The number of nitrogens with one attached hydrogen (secondary N) is 1.